The number of nitrogens with one attached hydrogen (secondary N) is 2. The lowest BCUT2D eigenvalue weighted by Crippen LogP contribution is -2.33. The van der Waals surface area contributed by atoms with E-state index in [1.54, 1.807) is 13.2 Å². The van der Waals surface area contributed by atoms with Crippen molar-refractivity contribution < 1.29 is 19.1 Å². The zero-order valence-electron chi connectivity index (χ0n) is 17.0. The maximum Gasteiger partial charge on any atom is 0.355 e. The number of hydrogen-bond donors (Lipinski definition) is 2. The van der Waals surface area contributed by atoms with Crippen LogP contribution in [-0.2, 0) is 9.53 Å². The molecule has 0 aliphatic rings. The van der Waals surface area contributed by atoms with E-state index in [1.807, 2.05) is 78.9 Å². The first-order valence-corrected chi connectivity index (χ1v) is 9.87. The Morgan fingerprint density at radius 2 is 1.58 bits per heavy atom. The van der Waals surface area contributed by atoms with Crippen LogP contribution in [0.3, 0.4) is 0 Å². The third kappa shape index (κ3) is 4.75. The van der Waals surface area contributed by atoms with E-state index in [-0.39, 0.29) is 12.6 Å². The number of amides is 1. The van der Waals surface area contributed by atoms with Gasteiger partial charge in [-0.2, -0.15) is 0 Å². The fourth-order valence-electron chi connectivity index (χ4n) is 3.40. The smallest absolute Gasteiger partial charge is 0.355 e. The summed E-state index contributed by atoms with van der Waals surface area (Å²) < 4.78 is 10.4. The fourth-order valence-corrected chi connectivity index (χ4v) is 3.40. The van der Waals surface area contributed by atoms with Gasteiger partial charge in [0.25, 0.3) is 5.91 Å². The van der Waals surface area contributed by atoms with E-state index in [1.165, 1.54) is 0 Å². The van der Waals surface area contributed by atoms with Crippen molar-refractivity contribution in [1.82, 2.24) is 10.3 Å². The van der Waals surface area contributed by atoms with Crippen LogP contribution in [0.25, 0.3) is 10.9 Å². The summed E-state index contributed by atoms with van der Waals surface area (Å²) >= 11 is 0. The standard InChI is InChI=1S/C25H22N2O4/c1-30-20-13-11-18(12-14-20)24(17-7-3-2-4-8-17)27-23(28)16-31-25(29)22-15-19-9-5-6-10-21(19)26-22/h2-15,24,26H,16H2,1H3,(H,27,28)/t24-/m1/s1. The van der Waals surface area contributed by atoms with Gasteiger partial charge < -0.3 is 19.8 Å². The number of esters is 1. The van der Waals surface area contributed by atoms with Crippen LogP contribution in [0.5, 0.6) is 5.75 Å². The van der Waals surface area contributed by atoms with Crippen molar-refractivity contribution in [2.75, 3.05) is 13.7 Å². The third-order valence-corrected chi connectivity index (χ3v) is 4.97. The molecule has 6 heteroatoms. The number of carbonyl (C=O) groups excluding carboxylic acids is 2. The monoisotopic (exact) mass is 414 g/mol. The Kier molecular flexibility index (Phi) is 5.98. The highest BCUT2D eigenvalue weighted by atomic mass is 16.5. The molecule has 156 valence electrons. The first kappa shape index (κ1) is 20.2. The van der Waals surface area contributed by atoms with E-state index in [9.17, 15) is 9.59 Å². The number of benzene rings is 3. The van der Waals surface area contributed by atoms with Crippen LogP contribution in [0.4, 0.5) is 0 Å². The molecule has 0 spiro atoms. The van der Waals surface area contributed by atoms with E-state index in [0.717, 1.165) is 27.8 Å². The topological polar surface area (TPSA) is 80.4 Å². The largest absolute Gasteiger partial charge is 0.497 e. The normalized spacial score (nSPS) is 11.6. The van der Waals surface area contributed by atoms with Gasteiger partial charge in [-0.1, -0.05) is 60.7 Å². The molecule has 2 N–H and O–H groups in total. The number of para-hydroxylation sites is 1. The van der Waals surface area contributed by atoms with Crippen molar-refractivity contribution in [2.24, 2.45) is 0 Å². The first-order valence-electron chi connectivity index (χ1n) is 9.87. The van der Waals surface area contributed by atoms with Gasteiger partial charge in [0.15, 0.2) is 6.61 Å². The van der Waals surface area contributed by atoms with Gasteiger partial charge in [0.2, 0.25) is 0 Å². The van der Waals surface area contributed by atoms with Crippen molar-refractivity contribution in [1.29, 1.82) is 0 Å². The molecule has 4 aromatic rings. The Hall–Kier alpha value is -4.06. The van der Waals surface area contributed by atoms with E-state index >= 15 is 0 Å². The zero-order valence-corrected chi connectivity index (χ0v) is 17.0. The van der Waals surface area contributed by atoms with Crippen molar-refractivity contribution in [2.45, 2.75) is 6.04 Å². The van der Waals surface area contributed by atoms with E-state index < -0.39 is 11.9 Å². The van der Waals surface area contributed by atoms with Crippen molar-refractivity contribution in [3.8, 4) is 5.75 Å². The lowest BCUT2D eigenvalue weighted by molar-refractivity contribution is -0.124. The van der Waals surface area contributed by atoms with Gasteiger partial charge in [0.05, 0.1) is 13.2 Å². The number of rotatable bonds is 7. The molecule has 0 bridgehead atoms. The zero-order chi connectivity index (χ0) is 21.6. The molecular weight excluding hydrogens is 392 g/mol. The SMILES string of the molecule is COc1ccc([C@H](NC(=O)COC(=O)c2cc3ccccc3[nH]2)c2ccccc2)cc1. The second kappa shape index (κ2) is 9.17. The Labute approximate surface area is 179 Å². The molecule has 0 radical (unpaired) electrons. The lowest BCUT2D eigenvalue weighted by atomic mass is 9.98. The molecule has 0 unspecified atom stereocenters. The molecule has 0 aliphatic heterocycles. The van der Waals surface area contributed by atoms with Gasteiger partial charge in [-0.25, -0.2) is 4.79 Å². The van der Waals surface area contributed by atoms with Crippen LogP contribution in [0.1, 0.15) is 27.7 Å². The van der Waals surface area contributed by atoms with Crippen LogP contribution in [0.15, 0.2) is 84.9 Å². The summed E-state index contributed by atoms with van der Waals surface area (Å²) in [6, 6.07) is 25.9. The number of carbonyl (C=O) groups is 2. The summed E-state index contributed by atoms with van der Waals surface area (Å²) in [7, 11) is 1.60. The molecule has 0 fully saturated rings. The number of aromatic amines is 1. The van der Waals surface area contributed by atoms with Gasteiger partial charge in [-0.05, 0) is 35.4 Å². The summed E-state index contributed by atoms with van der Waals surface area (Å²) in [5.74, 6) is -0.240. The maximum absolute atomic E-state index is 12.6. The number of fused-ring (bicyclic) bond motifs is 1. The van der Waals surface area contributed by atoms with Gasteiger partial charge in [-0.15, -0.1) is 0 Å². The second-order valence-electron chi connectivity index (χ2n) is 7.03. The van der Waals surface area contributed by atoms with Gasteiger partial charge >= 0.3 is 5.97 Å². The predicted octanol–water partition coefficient (Wildman–Crippen LogP) is 4.24. The molecule has 6 nitrogen and oxygen atoms in total. The molecule has 1 heterocycles. The van der Waals surface area contributed by atoms with Gasteiger partial charge in [0, 0.05) is 10.9 Å². The first-order chi connectivity index (χ1) is 15.1. The molecule has 0 saturated heterocycles. The molecule has 1 amide bonds. The summed E-state index contributed by atoms with van der Waals surface area (Å²) in [4.78, 5) is 28.0. The van der Waals surface area contributed by atoms with Crippen LogP contribution in [0, 0.1) is 0 Å². The number of ether oxygens (including phenoxy) is 2. The summed E-state index contributed by atoms with van der Waals surface area (Å²) in [6.45, 7) is -0.381. The highest BCUT2D eigenvalue weighted by molar-refractivity contribution is 5.95. The third-order valence-electron chi connectivity index (χ3n) is 4.97. The Bertz CT molecular complexity index is 1150. The Morgan fingerprint density at radius 1 is 0.903 bits per heavy atom. The summed E-state index contributed by atoms with van der Waals surface area (Å²) in [5.41, 5.74) is 2.96. The van der Waals surface area contributed by atoms with E-state index in [2.05, 4.69) is 10.3 Å². The number of methoxy groups -OCH3 is 1. The minimum absolute atomic E-state index is 0.309. The highest BCUT2D eigenvalue weighted by Gasteiger charge is 2.19. The maximum atomic E-state index is 12.6. The van der Waals surface area contributed by atoms with Gasteiger partial charge in [0.1, 0.15) is 11.4 Å². The second-order valence-corrected chi connectivity index (χ2v) is 7.03. The Balaban J connectivity index is 1.45. The lowest BCUT2D eigenvalue weighted by Gasteiger charge is -2.20. The molecule has 0 saturated carbocycles. The summed E-state index contributed by atoms with van der Waals surface area (Å²) in [6.07, 6.45) is 0. The van der Waals surface area contributed by atoms with Crippen molar-refractivity contribution in [3.63, 3.8) is 0 Å². The Morgan fingerprint density at radius 3 is 2.29 bits per heavy atom. The van der Waals surface area contributed by atoms with Crippen LogP contribution in [0.2, 0.25) is 0 Å². The number of H-pyrrole nitrogens is 1. The van der Waals surface area contributed by atoms with E-state index in [4.69, 9.17) is 9.47 Å². The summed E-state index contributed by atoms with van der Waals surface area (Å²) in [5, 5.41) is 3.86. The molecule has 0 aliphatic carbocycles. The van der Waals surface area contributed by atoms with Gasteiger partial charge in [-0.3, -0.25) is 4.79 Å². The average molecular weight is 414 g/mol. The van der Waals surface area contributed by atoms with Crippen LogP contribution >= 0.6 is 0 Å². The molecule has 1 atom stereocenters. The highest BCUT2D eigenvalue weighted by Crippen LogP contribution is 2.24. The van der Waals surface area contributed by atoms with Crippen LogP contribution < -0.4 is 10.1 Å². The minimum atomic E-state index is -0.577. The molecule has 4 rings (SSSR count). The molecule has 3 aromatic carbocycles. The van der Waals surface area contributed by atoms with Crippen molar-refractivity contribution >= 4 is 22.8 Å². The number of hydrogen-bond acceptors (Lipinski definition) is 4. The molecule has 1 aromatic heterocycles. The van der Waals surface area contributed by atoms with E-state index in [0.29, 0.717) is 5.69 Å². The molecule has 31 heavy (non-hydrogen) atoms. The number of aromatic nitrogens is 1. The van der Waals surface area contributed by atoms with Crippen LogP contribution in [-0.4, -0.2) is 30.6 Å². The predicted molar refractivity (Wildman–Crippen MR) is 118 cm³/mol. The molecular formula is C25H22N2O4. The quantitative estimate of drug-likeness (QED) is 0.443. The average Bonchev–Trinajstić information content (AvgIpc) is 3.26. The minimum Gasteiger partial charge on any atom is -0.497 e. The fraction of sp³-hybridized carbons (Fsp3) is 0.120. The van der Waals surface area contributed by atoms with Crippen molar-refractivity contribution in [3.05, 3.63) is 102 Å².